The molecule has 2 heterocycles. The third-order valence-electron chi connectivity index (χ3n) is 3.14. The number of hydrogen-bond acceptors (Lipinski definition) is 6. The molecule has 23 heavy (non-hydrogen) atoms. The van der Waals surface area contributed by atoms with Gasteiger partial charge in [-0.1, -0.05) is 11.8 Å². The topological polar surface area (TPSA) is 73.2 Å². The van der Waals surface area contributed by atoms with E-state index in [1.54, 1.807) is 14.2 Å². The Morgan fingerprint density at radius 2 is 2.04 bits per heavy atom. The molecule has 8 heteroatoms. The van der Waals surface area contributed by atoms with Crippen LogP contribution in [0, 0.1) is 0 Å². The monoisotopic (exact) mass is 395 g/mol. The summed E-state index contributed by atoms with van der Waals surface area (Å²) in [5.41, 5.74) is 1.78. The first kappa shape index (κ1) is 15.9. The average Bonchev–Trinajstić information content (AvgIpc) is 3.24. The van der Waals surface area contributed by atoms with Gasteiger partial charge in [0.1, 0.15) is 17.2 Å². The Labute approximate surface area is 145 Å². The van der Waals surface area contributed by atoms with Crippen molar-refractivity contribution < 1.29 is 13.9 Å². The van der Waals surface area contributed by atoms with Gasteiger partial charge < -0.3 is 18.9 Å². The van der Waals surface area contributed by atoms with Crippen LogP contribution in [0.5, 0.6) is 11.5 Å². The maximum Gasteiger partial charge on any atom is 0.277 e. The van der Waals surface area contributed by atoms with Gasteiger partial charge in [0.25, 0.3) is 11.1 Å². The van der Waals surface area contributed by atoms with Crippen molar-refractivity contribution in [1.29, 1.82) is 0 Å². The lowest BCUT2D eigenvalue weighted by Crippen LogP contribution is -1.93. The molecule has 1 aromatic carbocycles. The Kier molecular flexibility index (Phi) is 4.92. The number of hydrogen-bond donors (Lipinski definition) is 1. The number of rotatable bonds is 6. The SMILES string of the molecule is COc1cc(CSc2nnc(-c3ccc[nH]3)o2)c(OC)cc1Br. The van der Waals surface area contributed by atoms with Gasteiger partial charge in [0.05, 0.1) is 18.7 Å². The minimum Gasteiger partial charge on any atom is -0.496 e. The van der Waals surface area contributed by atoms with Gasteiger partial charge in [0.15, 0.2) is 0 Å². The summed E-state index contributed by atoms with van der Waals surface area (Å²) in [6.07, 6.45) is 1.81. The lowest BCUT2D eigenvalue weighted by atomic mass is 10.2. The Morgan fingerprint density at radius 3 is 2.74 bits per heavy atom. The number of ether oxygens (including phenoxy) is 2. The van der Waals surface area contributed by atoms with E-state index < -0.39 is 0 Å². The van der Waals surface area contributed by atoms with Crippen LogP contribution in [0.3, 0.4) is 0 Å². The van der Waals surface area contributed by atoms with Crippen molar-refractivity contribution in [2.75, 3.05) is 14.2 Å². The second-order valence-electron chi connectivity index (χ2n) is 4.54. The minimum atomic E-state index is 0.470. The van der Waals surface area contributed by atoms with E-state index in [0.29, 0.717) is 16.9 Å². The zero-order valence-corrected chi connectivity index (χ0v) is 14.9. The molecule has 2 aromatic heterocycles. The van der Waals surface area contributed by atoms with Crippen molar-refractivity contribution in [1.82, 2.24) is 15.2 Å². The van der Waals surface area contributed by atoms with Crippen LogP contribution in [0.1, 0.15) is 5.56 Å². The van der Waals surface area contributed by atoms with Gasteiger partial charge in [0.2, 0.25) is 0 Å². The van der Waals surface area contributed by atoms with Gasteiger partial charge in [-0.3, -0.25) is 0 Å². The predicted octanol–water partition coefficient (Wildman–Crippen LogP) is 4.14. The van der Waals surface area contributed by atoms with E-state index in [1.807, 2.05) is 30.5 Å². The molecule has 3 rings (SSSR count). The van der Waals surface area contributed by atoms with Gasteiger partial charge in [-0.05, 0) is 40.2 Å². The number of aromatic amines is 1. The van der Waals surface area contributed by atoms with Gasteiger partial charge >= 0.3 is 0 Å². The maximum absolute atomic E-state index is 5.63. The minimum absolute atomic E-state index is 0.470. The Bertz CT molecular complexity index is 789. The van der Waals surface area contributed by atoms with Crippen LogP contribution in [-0.4, -0.2) is 29.4 Å². The fourth-order valence-corrected chi connectivity index (χ4v) is 3.24. The highest BCUT2D eigenvalue weighted by Crippen LogP contribution is 2.36. The molecule has 0 radical (unpaired) electrons. The van der Waals surface area contributed by atoms with Crippen LogP contribution < -0.4 is 9.47 Å². The molecule has 0 amide bonds. The van der Waals surface area contributed by atoms with Crippen LogP contribution in [0.4, 0.5) is 0 Å². The summed E-state index contributed by atoms with van der Waals surface area (Å²) in [5, 5.41) is 8.58. The van der Waals surface area contributed by atoms with Crippen LogP contribution in [0.2, 0.25) is 0 Å². The van der Waals surface area contributed by atoms with Crippen LogP contribution in [0.15, 0.2) is 44.6 Å². The Hall–Kier alpha value is -1.93. The quantitative estimate of drug-likeness (QED) is 0.632. The molecule has 0 spiro atoms. The van der Waals surface area contributed by atoms with E-state index >= 15 is 0 Å². The number of benzene rings is 1. The molecular weight excluding hydrogens is 382 g/mol. The first-order chi connectivity index (χ1) is 11.2. The maximum atomic E-state index is 5.63. The molecule has 0 aliphatic rings. The highest BCUT2D eigenvalue weighted by Gasteiger charge is 2.13. The molecule has 0 bridgehead atoms. The largest absolute Gasteiger partial charge is 0.496 e. The molecular formula is C15H14BrN3O3S. The third kappa shape index (κ3) is 3.53. The Balaban J connectivity index is 1.75. The number of halogens is 1. The molecule has 120 valence electrons. The number of thioether (sulfide) groups is 1. The summed E-state index contributed by atoms with van der Waals surface area (Å²) in [4.78, 5) is 3.03. The predicted molar refractivity (Wildman–Crippen MR) is 90.9 cm³/mol. The highest BCUT2D eigenvalue weighted by molar-refractivity contribution is 9.10. The number of nitrogens with one attached hydrogen (secondary N) is 1. The second kappa shape index (κ2) is 7.10. The zero-order chi connectivity index (χ0) is 16.2. The van der Waals surface area contributed by atoms with Gasteiger partial charge in [0, 0.05) is 17.5 Å². The number of methoxy groups -OCH3 is 2. The number of nitrogens with zero attached hydrogens (tertiary/aromatic N) is 2. The van der Waals surface area contributed by atoms with Crippen LogP contribution in [0.25, 0.3) is 11.6 Å². The molecule has 6 nitrogen and oxygen atoms in total. The van der Waals surface area contributed by atoms with E-state index in [1.165, 1.54) is 11.8 Å². The van der Waals surface area contributed by atoms with Crippen molar-refractivity contribution in [2.24, 2.45) is 0 Å². The fraction of sp³-hybridized carbons (Fsp3) is 0.200. The molecule has 0 saturated carbocycles. The molecule has 0 fully saturated rings. The zero-order valence-electron chi connectivity index (χ0n) is 12.5. The van der Waals surface area contributed by atoms with Crippen molar-refractivity contribution >= 4 is 27.7 Å². The lowest BCUT2D eigenvalue weighted by molar-refractivity contribution is 0.398. The second-order valence-corrected chi connectivity index (χ2v) is 6.33. The van der Waals surface area contributed by atoms with E-state index in [4.69, 9.17) is 13.9 Å². The summed E-state index contributed by atoms with van der Waals surface area (Å²) in [5.74, 6) is 2.62. The first-order valence-corrected chi connectivity index (χ1v) is 8.49. The smallest absolute Gasteiger partial charge is 0.277 e. The standard InChI is InChI=1S/C15H14BrN3O3S/c1-20-12-7-10(16)13(21-2)6-9(12)8-23-15-19-18-14(22-15)11-4-3-5-17-11/h3-7,17H,8H2,1-2H3. The van der Waals surface area contributed by atoms with Crippen molar-refractivity contribution in [3.05, 3.63) is 40.5 Å². The first-order valence-electron chi connectivity index (χ1n) is 6.71. The van der Waals surface area contributed by atoms with E-state index in [2.05, 4.69) is 31.1 Å². The van der Waals surface area contributed by atoms with Crippen molar-refractivity contribution in [3.8, 4) is 23.1 Å². The summed E-state index contributed by atoms with van der Waals surface area (Å²) in [6, 6.07) is 7.57. The van der Waals surface area contributed by atoms with E-state index in [-0.39, 0.29) is 0 Å². The molecule has 0 atom stereocenters. The number of H-pyrrole nitrogens is 1. The van der Waals surface area contributed by atoms with Gasteiger partial charge in [-0.2, -0.15) is 0 Å². The summed E-state index contributed by atoms with van der Waals surface area (Å²) in [6.45, 7) is 0. The highest BCUT2D eigenvalue weighted by atomic mass is 79.9. The third-order valence-corrected chi connectivity index (χ3v) is 4.63. The van der Waals surface area contributed by atoms with Crippen molar-refractivity contribution in [3.63, 3.8) is 0 Å². The number of aromatic nitrogens is 3. The molecule has 0 unspecified atom stereocenters. The van der Waals surface area contributed by atoms with E-state index in [9.17, 15) is 0 Å². The van der Waals surface area contributed by atoms with Crippen LogP contribution in [-0.2, 0) is 5.75 Å². The average molecular weight is 396 g/mol. The molecule has 3 aromatic rings. The fourth-order valence-electron chi connectivity index (χ4n) is 2.02. The van der Waals surface area contributed by atoms with E-state index in [0.717, 1.165) is 27.2 Å². The molecule has 1 N–H and O–H groups in total. The molecule has 0 aliphatic heterocycles. The van der Waals surface area contributed by atoms with Gasteiger partial charge in [-0.15, -0.1) is 10.2 Å². The molecule has 0 aliphatic carbocycles. The molecule has 0 saturated heterocycles. The summed E-state index contributed by atoms with van der Waals surface area (Å²) < 4.78 is 17.2. The summed E-state index contributed by atoms with van der Waals surface area (Å²) in [7, 11) is 3.27. The van der Waals surface area contributed by atoms with Crippen molar-refractivity contribution in [2.45, 2.75) is 11.0 Å². The van der Waals surface area contributed by atoms with Crippen LogP contribution >= 0.6 is 27.7 Å². The Morgan fingerprint density at radius 1 is 1.22 bits per heavy atom. The lowest BCUT2D eigenvalue weighted by Gasteiger charge is -2.11. The van der Waals surface area contributed by atoms with Gasteiger partial charge in [-0.25, -0.2) is 0 Å². The summed E-state index contributed by atoms with van der Waals surface area (Å²) >= 11 is 4.89. The normalized spacial score (nSPS) is 10.7.